The maximum absolute atomic E-state index is 12.6. The molecule has 2 aliphatic heterocycles. The second-order valence-electron chi connectivity index (χ2n) is 5.92. The van der Waals surface area contributed by atoms with Crippen LogP contribution in [-0.4, -0.2) is 56.3 Å². The molecule has 138 valence electrons. The zero-order valence-corrected chi connectivity index (χ0v) is 16.9. The van der Waals surface area contributed by atoms with E-state index in [4.69, 9.17) is 23.8 Å². The second-order valence-corrected chi connectivity index (χ2v) is 9.10. The minimum absolute atomic E-state index is 0.144. The van der Waals surface area contributed by atoms with Gasteiger partial charge in [0, 0.05) is 29.5 Å². The van der Waals surface area contributed by atoms with E-state index < -0.39 is 6.10 Å². The Balaban J connectivity index is 1.58. The molecule has 2 amide bonds. The Morgan fingerprint density at radius 2 is 2.27 bits per heavy atom. The van der Waals surface area contributed by atoms with Crippen molar-refractivity contribution in [1.29, 1.82) is 0 Å². The van der Waals surface area contributed by atoms with Crippen LogP contribution < -0.4 is 5.32 Å². The molecule has 2 heterocycles. The van der Waals surface area contributed by atoms with E-state index in [9.17, 15) is 14.7 Å². The van der Waals surface area contributed by atoms with E-state index in [-0.39, 0.29) is 30.8 Å². The highest BCUT2D eigenvalue weighted by atomic mass is 35.5. The van der Waals surface area contributed by atoms with Crippen molar-refractivity contribution in [2.45, 2.75) is 18.6 Å². The predicted molar refractivity (Wildman–Crippen MR) is 111 cm³/mol. The van der Waals surface area contributed by atoms with Crippen LogP contribution in [0.5, 0.6) is 0 Å². The smallest absolute Gasteiger partial charge is 0.266 e. The molecule has 0 aliphatic carbocycles. The first kappa shape index (κ1) is 19.7. The third kappa shape index (κ3) is 4.80. The topological polar surface area (TPSA) is 69.6 Å². The molecule has 2 fully saturated rings. The van der Waals surface area contributed by atoms with E-state index >= 15 is 0 Å². The van der Waals surface area contributed by atoms with E-state index in [2.05, 4.69) is 5.32 Å². The Bertz CT molecular complexity index is 771. The number of amides is 2. The lowest BCUT2D eigenvalue weighted by Gasteiger charge is -2.18. The minimum atomic E-state index is -0.513. The maximum atomic E-state index is 12.6. The highest BCUT2D eigenvalue weighted by Crippen LogP contribution is 2.32. The van der Waals surface area contributed by atoms with Gasteiger partial charge in [0.25, 0.3) is 5.91 Å². The molecule has 2 saturated heterocycles. The fraction of sp³-hybridized carbons (Fsp3) is 0.353. The van der Waals surface area contributed by atoms with Crippen LogP contribution in [0.4, 0.5) is 0 Å². The molecule has 0 radical (unpaired) electrons. The molecule has 1 aromatic rings. The Morgan fingerprint density at radius 3 is 2.96 bits per heavy atom. The van der Waals surface area contributed by atoms with Crippen LogP contribution in [0.15, 0.2) is 29.2 Å². The zero-order chi connectivity index (χ0) is 18.7. The number of benzene rings is 1. The summed E-state index contributed by atoms with van der Waals surface area (Å²) in [7, 11) is 0. The first-order chi connectivity index (χ1) is 12.4. The lowest BCUT2D eigenvalue weighted by molar-refractivity contribution is -0.124. The predicted octanol–water partition coefficient (Wildman–Crippen LogP) is 2.52. The van der Waals surface area contributed by atoms with E-state index in [1.807, 2.05) is 12.1 Å². The van der Waals surface area contributed by atoms with E-state index in [1.54, 1.807) is 30.0 Å². The van der Waals surface area contributed by atoms with Gasteiger partial charge in [-0.05, 0) is 23.8 Å². The average molecular weight is 429 g/mol. The summed E-state index contributed by atoms with van der Waals surface area (Å²) >= 11 is 14.1. The summed E-state index contributed by atoms with van der Waals surface area (Å²) in [5.41, 5.74) is 0.823. The molecule has 0 unspecified atom stereocenters. The molecule has 2 N–H and O–H groups in total. The molecule has 2 atom stereocenters. The molecule has 9 heteroatoms. The lowest BCUT2D eigenvalue weighted by atomic mass is 10.2. The number of thiocarbonyl (C=S) groups is 1. The molecule has 1 aromatic carbocycles. The van der Waals surface area contributed by atoms with Crippen molar-refractivity contribution >= 4 is 69.6 Å². The Labute approximate surface area is 170 Å². The normalized spacial score (nSPS) is 24.5. The molecular weight excluding hydrogens is 412 g/mol. The van der Waals surface area contributed by atoms with Gasteiger partial charge in [0.1, 0.15) is 4.32 Å². The van der Waals surface area contributed by atoms with E-state index in [1.165, 1.54) is 16.7 Å². The number of carbonyl (C=O) groups excluding carboxylic acids is 2. The summed E-state index contributed by atoms with van der Waals surface area (Å²) in [5.74, 6) is 0.943. The number of rotatable bonds is 5. The monoisotopic (exact) mass is 428 g/mol. The van der Waals surface area contributed by atoms with Gasteiger partial charge in [0.05, 0.1) is 17.1 Å². The molecule has 26 heavy (non-hydrogen) atoms. The van der Waals surface area contributed by atoms with Crippen LogP contribution >= 0.6 is 47.3 Å². The Hall–Kier alpha value is -1.06. The van der Waals surface area contributed by atoms with Gasteiger partial charge in [-0.25, -0.2) is 0 Å². The van der Waals surface area contributed by atoms with Crippen molar-refractivity contribution in [3.8, 4) is 0 Å². The molecule has 0 bridgehead atoms. The summed E-state index contributed by atoms with van der Waals surface area (Å²) < 4.78 is 0.438. The second kappa shape index (κ2) is 8.75. The fourth-order valence-electron chi connectivity index (χ4n) is 2.61. The highest BCUT2D eigenvalue weighted by molar-refractivity contribution is 8.26. The zero-order valence-electron chi connectivity index (χ0n) is 13.7. The van der Waals surface area contributed by atoms with Crippen molar-refractivity contribution in [2.24, 2.45) is 0 Å². The first-order valence-corrected chi connectivity index (χ1v) is 10.8. The number of hydrogen-bond acceptors (Lipinski definition) is 6. The Kier molecular flexibility index (Phi) is 6.63. The van der Waals surface area contributed by atoms with Crippen molar-refractivity contribution in [1.82, 2.24) is 10.2 Å². The summed E-state index contributed by atoms with van der Waals surface area (Å²) in [4.78, 5) is 26.6. The molecule has 2 aliphatic rings. The maximum Gasteiger partial charge on any atom is 0.266 e. The standard InChI is InChI=1S/C17H17ClN2O3S3/c18-11-3-1-2-10(6-11)7-14-16(23)20(17(24)26-14)5-4-15(22)19-12-8-25-9-13(12)21/h1-3,6-7,12-13,21H,4-5,8-9H2,(H,19,22)/b14-7+/t12-,13-/m1/s1. The van der Waals surface area contributed by atoms with Gasteiger partial charge in [-0.2, -0.15) is 11.8 Å². The molecule has 0 saturated carbocycles. The van der Waals surface area contributed by atoms with Gasteiger partial charge in [0.15, 0.2) is 0 Å². The number of aliphatic hydroxyl groups is 1. The SMILES string of the molecule is O=C(CCN1C(=O)/C(=C\c2cccc(Cl)c2)SC1=S)N[C@@H]1CSC[C@H]1O. The van der Waals surface area contributed by atoms with Crippen LogP contribution in [-0.2, 0) is 9.59 Å². The van der Waals surface area contributed by atoms with E-state index in [0.717, 1.165) is 5.56 Å². The molecular formula is C17H17ClN2O3S3. The average Bonchev–Trinajstić information content (AvgIpc) is 3.10. The summed E-state index contributed by atoms with van der Waals surface area (Å²) in [5, 5.41) is 13.2. The fourth-order valence-corrected chi connectivity index (χ4v) is 5.29. The van der Waals surface area contributed by atoms with Gasteiger partial charge in [0.2, 0.25) is 5.91 Å². The molecule has 0 spiro atoms. The van der Waals surface area contributed by atoms with Crippen LogP contribution in [0, 0.1) is 0 Å². The number of halogens is 1. The van der Waals surface area contributed by atoms with Gasteiger partial charge in [-0.15, -0.1) is 0 Å². The number of aliphatic hydroxyl groups excluding tert-OH is 1. The molecule has 5 nitrogen and oxygen atoms in total. The quantitative estimate of drug-likeness (QED) is 0.554. The van der Waals surface area contributed by atoms with Crippen molar-refractivity contribution < 1.29 is 14.7 Å². The minimum Gasteiger partial charge on any atom is -0.390 e. The summed E-state index contributed by atoms with van der Waals surface area (Å²) in [6.45, 7) is 0.222. The van der Waals surface area contributed by atoms with Crippen LogP contribution in [0.2, 0.25) is 5.02 Å². The summed E-state index contributed by atoms with van der Waals surface area (Å²) in [6.07, 6.45) is 1.38. The first-order valence-electron chi connectivity index (χ1n) is 8.00. The number of nitrogens with zero attached hydrogens (tertiary/aromatic N) is 1. The van der Waals surface area contributed by atoms with Crippen LogP contribution in [0.25, 0.3) is 6.08 Å². The highest BCUT2D eigenvalue weighted by Gasteiger charge is 2.33. The molecule has 3 rings (SSSR count). The molecule has 0 aromatic heterocycles. The van der Waals surface area contributed by atoms with Gasteiger partial charge in [-0.1, -0.05) is 47.7 Å². The van der Waals surface area contributed by atoms with Crippen molar-refractivity contribution in [3.05, 3.63) is 39.8 Å². The third-order valence-electron chi connectivity index (χ3n) is 3.98. The number of nitrogens with one attached hydrogen (secondary N) is 1. The van der Waals surface area contributed by atoms with Gasteiger partial charge in [-0.3, -0.25) is 14.5 Å². The van der Waals surface area contributed by atoms with Crippen LogP contribution in [0.1, 0.15) is 12.0 Å². The van der Waals surface area contributed by atoms with Crippen molar-refractivity contribution in [2.75, 3.05) is 18.1 Å². The van der Waals surface area contributed by atoms with Crippen LogP contribution in [0.3, 0.4) is 0 Å². The number of hydrogen-bond donors (Lipinski definition) is 2. The number of thioether (sulfide) groups is 2. The Morgan fingerprint density at radius 1 is 1.46 bits per heavy atom. The van der Waals surface area contributed by atoms with Gasteiger partial charge >= 0.3 is 0 Å². The number of carbonyl (C=O) groups is 2. The van der Waals surface area contributed by atoms with Crippen molar-refractivity contribution in [3.63, 3.8) is 0 Å². The largest absolute Gasteiger partial charge is 0.390 e. The third-order valence-corrected chi connectivity index (χ3v) is 6.76. The van der Waals surface area contributed by atoms with Gasteiger partial charge < -0.3 is 10.4 Å². The summed E-state index contributed by atoms with van der Waals surface area (Å²) in [6, 6.07) is 6.99. The van der Waals surface area contributed by atoms with E-state index in [0.29, 0.717) is 25.8 Å². The lowest BCUT2D eigenvalue weighted by Crippen LogP contribution is -2.43.